The van der Waals surface area contributed by atoms with Crippen LogP contribution in [-0.2, 0) is 0 Å². The Balaban J connectivity index is 2.62. The molecule has 1 aromatic carbocycles. The quantitative estimate of drug-likeness (QED) is 0.863. The molecule has 4 heteroatoms. The molecule has 2 nitrogen and oxygen atoms in total. The van der Waals surface area contributed by atoms with E-state index in [0.29, 0.717) is 0 Å². The summed E-state index contributed by atoms with van der Waals surface area (Å²) >= 11 is 5.13. The molecule has 1 aromatic rings. The minimum absolute atomic E-state index is 0.000324. The summed E-state index contributed by atoms with van der Waals surface area (Å²) in [7, 11) is 0. The first-order chi connectivity index (χ1) is 7.15. The number of halogens is 1. The van der Waals surface area contributed by atoms with Crippen LogP contribution in [0.2, 0.25) is 0 Å². The van der Waals surface area contributed by atoms with E-state index in [2.05, 4.69) is 21.2 Å². The van der Waals surface area contributed by atoms with E-state index in [0.717, 1.165) is 27.9 Å². The van der Waals surface area contributed by atoms with Gasteiger partial charge in [0.25, 0.3) is 5.91 Å². The summed E-state index contributed by atoms with van der Waals surface area (Å²) in [5.41, 5.74) is 1.80. The van der Waals surface area contributed by atoms with E-state index in [4.69, 9.17) is 0 Å². The van der Waals surface area contributed by atoms with Crippen molar-refractivity contribution < 1.29 is 4.79 Å². The molecule has 0 saturated heterocycles. The van der Waals surface area contributed by atoms with Gasteiger partial charge in [-0.05, 0) is 36.9 Å². The van der Waals surface area contributed by atoms with E-state index in [1.54, 1.807) is 11.8 Å². The molecule has 82 valence electrons. The number of carbonyl (C=O) groups is 1. The van der Waals surface area contributed by atoms with E-state index >= 15 is 0 Å². The van der Waals surface area contributed by atoms with Gasteiger partial charge in [0.05, 0.1) is 0 Å². The Morgan fingerprint density at radius 1 is 1.53 bits per heavy atom. The van der Waals surface area contributed by atoms with Crippen molar-refractivity contribution in [1.29, 1.82) is 0 Å². The highest BCUT2D eigenvalue weighted by Crippen LogP contribution is 2.16. The van der Waals surface area contributed by atoms with Gasteiger partial charge in [0.15, 0.2) is 0 Å². The van der Waals surface area contributed by atoms with Crippen LogP contribution in [0.15, 0.2) is 22.7 Å². The minimum atomic E-state index is -0.000324. The summed E-state index contributed by atoms with van der Waals surface area (Å²) < 4.78 is 1.03. The van der Waals surface area contributed by atoms with Crippen LogP contribution in [-0.4, -0.2) is 24.5 Å². The van der Waals surface area contributed by atoms with Gasteiger partial charge in [0.1, 0.15) is 0 Å². The normalized spacial score (nSPS) is 10.1. The largest absolute Gasteiger partial charge is 0.351 e. The fourth-order valence-corrected chi connectivity index (χ4v) is 1.71. The monoisotopic (exact) mass is 287 g/mol. The van der Waals surface area contributed by atoms with Crippen LogP contribution in [0.4, 0.5) is 0 Å². The molecule has 0 atom stereocenters. The van der Waals surface area contributed by atoms with Crippen molar-refractivity contribution in [3.63, 3.8) is 0 Å². The van der Waals surface area contributed by atoms with Gasteiger partial charge in [-0.25, -0.2) is 0 Å². The van der Waals surface area contributed by atoms with Crippen LogP contribution in [0.3, 0.4) is 0 Å². The molecule has 0 aliphatic heterocycles. The molecule has 0 radical (unpaired) electrons. The van der Waals surface area contributed by atoms with Gasteiger partial charge in [-0.1, -0.05) is 15.9 Å². The lowest BCUT2D eigenvalue weighted by atomic mass is 10.1. The molecule has 0 aromatic heterocycles. The fourth-order valence-electron chi connectivity index (χ4n) is 1.15. The number of aryl methyl sites for hydroxylation is 1. The van der Waals surface area contributed by atoms with Crippen LogP contribution in [0, 0.1) is 6.92 Å². The first kappa shape index (κ1) is 12.6. The van der Waals surface area contributed by atoms with Gasteiger partial charge in [-0.3, -0.25) is 4.79 Å². The molecular formula is C11H14BrNOS. The van der Waals surface area contributed by atoms with Crippen molar-refractivity contribution >= 4 is 33.6 Å². The van der Waals surface area contributed by atoms with Crippen molar-refractivity contribution in [2.24, 2.45) is 0 Å². The summed E-state index contributed by atoms with van der Waals surface area (Å²) in [4.78, 5) is 11.6. The number of carbonyl (C=O) groups excluding carboxylic acids is 1. The average molecular weight is 288 g/mol. The number of nitrogens with one attached hydrogen (secondary N) is 1. The van der Waals surface area contributed by atoms with E-state index in [1.165, 1.54) is 0 Å². The predicted octanol–water partition coefficient (Wildman–Crippen LogP) is 2.85. The summed E-state index contributed by atoms with van der Waals surface area (Å²) in [6.45, 7) is 2.69. The number of benzene rings is 1. The topological polar surface area (TPSA) is 29.1 Å². The number of thioether (sulfide) groups is 1. The van der Waals surface area contributed by atoms with E-state index < -0.39 is 0 Å². The summed E-state index contributed by atoms with van der Waals surface area (Å²) in [6, 6.07) is 5.61. The molecule has 1 rings (SSSR count). The van der Waals surface area contributed by atoms with Crippen molar-refractivity contribution in [2.45, 2.75) is 6.92 Å². The first-order valence-corrected chi connectivity index (χ1v) is 6.87. The zero-order valence-corrected chi connectivity index (χ0v) is 11.2. The van der Waals surface area contributed by atoms with Crippen LogP contribution >= 0.6 is 27.7 Å². The van der Waals surface area contributed by atoms with Crippen molar-refractivity contribution in [3.8, 4) is 0 Å². The Kier molecular flexibility index (Phi) is 5.19. The molecule has 0 saturated carbocycles. The maximum absolute atomic E-state index is 11.6. The third kappa shape index (κ3) is 3.87. The lowest BCUT2D eigenvalue weighted by Gasteiger charge is -2.05. The van der Waals surface area contributed by atoms with E-state index in [9.17, 15) is 4.79 Å². The first-order valence-electron chi connectivity index (χ1n) is 4.68. The zero-order chi connectivity index (χ0) is 11.3. The number of amides is 1. The second-order valence-electron chi connectivity index (χ2n) is 3.21. The van der Waals surface area contributed by atoms with Crippen LogP contribution in [0.5, 0.6) is 0 Å². The third-order valence-corrected chi connectivity index (χ3v) is 3.51. The van der Waals surface area contributed by atoms with Crippen molar-refractivity contribution in [2.75, 3.05) is 18.6 Å². The standard InChI is InChI=1S/C11H14BrNOS/c1-8-7-9(3-4-10(8)12)11(14)13-5-6-15-2/h3-4,7H,5-6H2,1-2H3,(H,13,14). The van der Waals surface area contributed by atoms with Crippen LogP contribution in [0.1, 0.15) is 15.9 Å². The van der Waals surface area contributed by atoms with Gasteiger partial charge in [0, 0.05) is 22.3 Å². The Labute approximate surface area is 103 Å². The molecule has 1 N–H and O–H groups in total. The van der Waals surface area contributed by atoms with Gasteiger partial charge < -0.3 is 5.32 Å². The van der Waals surface area contributed by atoms with E-state index in [-0.39, 0.29) is 5.91 Å². The molecule has 0 unspecified atom stereocenters. The molecule has 0 aliphatic rings. The second-order valence-corrected chi connectivity index (χ2v) is 5.05. The smallest absolute Gasteiger partial charge is 0.251 e. The molecule has 15 heavy (non-hydrogen) atoms. The molecule has 1 amide bonds. The highest BCUT2D eigenvalue weighted by Gasteiger charge is 2.05. The highest BCUT2D eigenvalue weighted by atomic mass is 79.9. The number of hydrogen-bond acceptors (Lipinski definition) is 2. The number of hydrogen-bond donors (Lipinski definition) is 1. The Morgan fingerprint density at radius 3 is 2.87 bits per heavy atom. The predicted molar refractivity (Wildman–Crippen MR) is 69.6 cm³/mol. The molecular weight excluding hydrogens is 274 g/mol. The SMILES string of the molecule is CSCCNC(=O)c1ccc(Br)c(C)c1. The van der Waals surface area contributed by atoms with Crippen LogP contribution in [0.25, 0.3) is 0 Å². The summed E-state index contributed by atoms with van der Waals surface area (Å²) in [6.07, 6.45) is 2.02. The van der Waals surface area contributed by atoms with Gasteiger partial charge in [0.2, 0.25) is 0 Å². The number of rotatable bonds is 4. The van der Waals surface area contributed by atoms with E-state index in [1.807, 2.05) is 31.4 Å². The molecule has 0 heterocycles. The Morgan fingerprint density at radius 2 is 2.27 bits per heavy atom. The fraction of sp³-hybridized carbons (Fsp3) is 0.364. The Hall–Kier alpha value is -0.480. The molecule has 0 spiro atoms. The zero-order valence-electron chi connectivity index (χ0n) is 8.84. The maximum atomic E-state index is 11.6. The van der Waals surface area contributed by atoms with Crippen LogP contribution < -0.4 is 5.32 Å². The lowest BCUT2D eigenvalue weighted by molar-refractivity contribution is 0.0956. The molecule has 0 bridgehead atoms. The maximum Gasteiger partial charge on any atom is 0.251 e. The molecule has 0 aliphatic carbocycles. The average Bonchev–Trinajstić information content (AvgIpc) is 2.22. The summed E-state index contributed by atoms with van der Waals surface area (Å²) in [5, 5.41) is 2.87. The minimum Gasteiger partial charge on any atom is -0.351 e. The van der Waals surface area contributed by atoms with Gasteiger partial charge >= 0.3 is 0 Å². The molecule has 0 fully saturated rings. The summed E-state index contributed by atoms with van der Waals surface area (Å²) in [5.74, 6) is 0.945. The van der Waals surface area contributed by atoms with Crippen molar-refractivity contribution in [3.05, 3.63) is 33.8 Å². The highest BCUT2D eigenvalue weighted by molar-refractivity contribution is 9.10. The third-order valence-electron chi connectivity index (χ3n) is 2.01. The lowest BCUT2D eigenvalue weighted by Crippen LogP contribution is -2.25. The Bertz CT molecular complexity index is 354. The van der Waals surface area contributed by atoms with Gasteiger partial charge in [-0.2, -0.15) is 11.8 Å². The van der Waals surface area contributed by atoms with Crippen molar-refractivity contribution in [1.82, 2.24) is 5.32 Å². The second kappa shape index (κ2) is 6.18. The van der Waals surface area contributed by atoms with Gasteiger partial charge in [-0.15, -0.1) is 0 Å².